The molecule has 1 aromatic heterocycles. The van der Waals surface area contributed by atoms with Gasteiger partial charge in [0.05, 0.1) is 6.20 Å². The Morgan fingerprint density at radius 1 is 1.40 bits per heavy atom. The second kappa shape index (κ2) is 6.01. The Morgan fingerprint density at radius 3 is 2.85 bits per heavy atom. The van der Waals surface area contributed by atoms with Crippen LogP contribution in [0.25, 0.3) is 0 Å². The molecule has 2 atom stereocenters. The molecule has 0 radical (unpaired) electrons. The maximum absolute atomic E-state index is 12.7. The standard InChI is InChI=1S/C12H20N4O2S.ClH/c1-2-16-12(5-6-14-16)19(17,18)15-8-10-3-4-11(9-15)13-7-10;/h5-6,10-11,13H,2-4,7-9H2,1H3;1H/t10-,11-;/m0./s1. The molecule has 20 heavy (non-hydrogen) atoms. The van der Waals surface area contributed by atoms with Crippen molar-refractivity contribution in [1.82, 2.24) is 19.4 Å². The van der Waals surface area contributed by atoms with E-state index < -0.39 is 10.0 Å². The van der Waals surface area contributed by atoms with Crippen LogP contribution in [0.2, 0.25) is 0 Å². The summed E-state index contributed by atoms with van der Waals surface area (Å²) >= 11 is 0. The minimum atomic E-state index is -3.42. The number of hydrogen-bond donors (Lipinski definition) is 1. The Balaban J connectivity index is 0.00000147. The quantitative estimate of drug-likeness (QED) is 0.890. The lowest BCUT2D eigenvalue weighted by Gasteiger charge is -2.23. The summed E-state index contributed by atoms with van der Waals surface area (Å²) < 4.78 is 28.7. The average molecular weight is 321 g/mol. The summed E-state index contributed by atoms with van der Waals surface area (Å²) in [5, 5.41) is 7.81. The smallest absolute Gasteiger partial charge is 0.260 e. The van der Waals surface area contributed by atoms with E-state index in [-0.39, 0.29) is 12.4 Å². The van der Waals surface area contributed by atoms with Crippen LogP contribution in [0.5, 0.6) is 0 Å². The number of nitrogens with zero attached hydrogens (tertiary/aromatic N) is 3. The van der Waals surface area contributed by atoms with Gasteiger partial charge < -0.3 is 5.32 Å². The molecule has 114 valence electrons. The highest BCUT2D eigenvalue weighted by atomic mass is 35.5. The van der Waals surface area contributed by atoms with Gasteiger partial charge in [-0.2, -0.15) is 9.40 Å². The number of sulfonamides is 1. The molecule has 0 spiro atoms. The van der Waals surface area contributed by atoms with Crippen molar-refractivity contribution in [2.75, 3.05) is 19.6 Å². The molecule has 6 nitrogen and oxygen atoms in total. The van der Waals surface area contributed by atoms with Crippen molar-refractivity contribution in [3.05, 3.63) is 12.3 Å². The molecule has 4 rings (SSSR count). The first-order valence-corrected chi connectivity index (χ1v) is 8.30. The highest BCUT2D eigenvalue weighted by Gasteiger charge is 2.36. The summed E-state index contributed by atoms with van der Waals surface area (Å²) in [4.78, 5) is 0. The third kappa shape index (κ3) is 2.72. The Hall–Kier alpha value is -0.630. The van der Waals surface area contributed by atoms with Gasteiger partial charge in [0, 0.05) is 25.7 Å². The van der Waals surface area contributed by atoms with Crippen LogP contribution in [0.15, 0.2) is 17.3 Å². The van der Waals surface area contributed by atoms with Gasteiger partial charge in [-0.3, -0.25) is 4.68 Å². The van der Waals surface area contributed by atoms with Gasteiger partial charge in [0.1, 0.15) is 0 Å². The fraction of sp³-hybridized carbons (Fsp3) is 0.750. The van der Waals surface area contributed by atoms with Crippen LogP contribution in [-0.2, 0) is 16.6 Å². The molecule has 3 aliphatic rings. The molecule has 3 saturated heterocycles. The Labute approximate surface area is 126 Å². The van der Waals surface area contributed by atoms with Gasteiger partial charge in [0.15, 0.2) is 5.03 Å². The molecule has 4 heterocycles. The molecule has 3 fully saturated rings. The Morgan fingerprint density at radius 2 is 2.20 bits per heavy atom. The number of hydrogen-bond acceptors (Lipinski definition) is 4. The van der Waals surface area contributed by atoms with Gasteiger partial charge in [-0.05, 0) is 38.3 Å². The molecule has 3 aliphatic heterocycles. The lowest BCUT2D eigenvalue weighted by molar-refractivity contribution is 0.356. The van der Waals surface area contributed by atoms with Crippen LogP contribution in [-0.4, -0.2) is 48.2 Å². The van der Waals surface area contributed by atoms with E-state index in [9.17, 15) is 8.42 Å². The van der Waals surface area contributed by atoms with Gasteiger partial charge in [-0.15, -0.1) is 12.4 Å². The largest absolute Gasteiger partial charge is 0.312 e. The third-order valence-electron chi connectivity index (χ3n) is 4.09. The molecular weight excluding hydrogens is 300 g/mol. The third-order valence-corrected chi connectivity index (χ3v) is 5.94. The molecule has 0 aromatic carbocycles. The first kappa shape index (κ1) is 15.8. The molecule has 0 amide bonds. The van der Waals surface area contributed by atoms with Crippen LogP contribution < -0.4 is 5.32 Å². The number of halogens is 1. The SMILES string of the molecule is CCn1nccc1S(=O)(=O)N1C[C@H]2CC[C@@H](C1)NC2.Cl. The number of piperidine rings is 1. The second-order valence-electron chi connectivity index (χ2n) is 5.36. The van der Waals surface area contributed by atoms with E-state index in [2.05, 4.69) is 10.4 Å². The molecule has 8 heteroatoms. The van der Waals surface area contributed by atoms with Crippen molar-refractivity contribution in [3.8, 4) is 0 Å². The topological polar surface area (TPSA) is 67.2 Å². The van der Waals surface area contributed by atoms with E-state index in [1.54, 1.807) is 21.3 Å². The van der Waals surface area contributed by atoms with Gasteiger partial charge in [0.25, 0.3) is 10.0 Å². The van der Waals surface area contributed by atoms with Crippen molar-refractivity contribution in [2.45, 2.75) is 37.4 Å². The summed E-state index contributed by atoms with van der Waals surface area (Å²) in [7, 11) is -3.42. The van der Waals surface area contributed by atoms with E-state index in [0.717, 1.165) is 19.4 Å². The zero-order chi connectivity index (χ0) is 13.5. The number of fused-ring (bicyclic) bond motifs is 4. The lowest BCUT2D eigenvalue weighted by Crippen LogP contribution is -2.40. The van der Waals surface area contributed by atoms with Crippen LogP contribution in [0.1, 0.15) is 19.8 Å². The van der Waals surface area contributed by atoms with E-state index in [0.29, 0.717) is 36.6 Å². The normalized spacial score (nSPS) is 27.1. The fourth-order valence-corrected chi connectivity index (χ4v) is 4.72. The minimum Gasteiger partial charge on any atom is -0.312 e. The van der Waals surface area contributed by atoms with Crippen molar-refractivity contribution in [3.63, 3.8) is 0 Å². The molecule has 0 aliphatic carbocycles. The van der Waals surface area contributed by atoms with Gasteiger partial charge in [-0.25, -0.2) is 8.42 Å². The predicted octanol–water partition coefficient (Wildman–Crippen LogP) is 0.697. The van der Waals surface area contributed by atoms with Gasteiger partial charge in [-0.1, -0.05) is 0 Å². The molecule has 2 bridgehead atoms. The zero-order valence-electron chi connectivity index (χ0n) is 11.5. The van der Waals surface area contributed by atoms with Gasteiger partial charge in [0.2, 0.25) is 0 Å². The van der Waals surface area contributed by atoms with E-state index in [1.807, 2.05) is 6.92 Å². The van der Waals surface area contributed by atoms with Crippen LogP contribution >= 0.6 is 12.4 Å². The van der Waals surface area contributed by atoms with Crippen molar-refractivity contribution < 1.29 is 8.42 Å². The predicted molar refractivity (Wildman–Crippen MR) is 78.4 cm³/mol. The lowest BCUT2D eigenvalue weighted by atomic mass is 9.97. The summed E-state index contributed by atoms with van der Waals surface area (Å²) in [6, 6.07) is 1.89. The molecule has 1 N–H and O–H groups in total. The maximum atomic E-state index is 12.7. The fourth-order valence-electron chi connectivity index (χ4n) is 3.00. The molecule has 0 unspecified atom stereocenters. The average Bonchev–Trinajstić information content (AvgIpc) is 2.69. The van der Waals surface area contributed by atoms with Crippen LogP contribution in [0, 0.1) is 5.92 Å². The van der Waals surface area contributed by atoms with Crippen molar-refractivity contribution in [2.24, 2.45) is 5.92 Å². The number of rotatable bonds is 3. The van der Waals surface area contributed by atoms with Crippen LogP contribution in [0.4, 0.5) is 0 Å². The Kier molecular flexibility index (Phi) is 4.73. The maximum Gasteiger partial charge on any atom is 0.260 e. The van der Waals surface area contributed by atoms with Crippen molar-refractivity contribution >= 4 is 22.4 Å². The highest BCUT2D eigenvalue weighted by Crippen LogP contribution is 2.26. The first-order chi connectivity index (χ1) is 9.11. The Bertz CT molecular complexity index is 538. The van der Waals surface area contributed by atoms with E-state index >= 15 is 0 Å². The number of aromatic nitrogens is 2. The van der Waals surface area contributed by atoms with E-state index in [1.165, 1.54) is 0 Å². The molecule has 0 saturated carbocycles. The first-order valence-electron chi connectivity index (χ1n) is 6.86. The summed E-state index contributed by atoms with van der Waals surface area (Å²) in [5.74, 6) is 0.437. The van der Waals surface area contributed by atoms with Crippen LogP contribution in [0.3, 0.4) is 0 Å². The summed E-state index contributed by atoms with van der Waals surface area (Å²) in [5.41, 5.74) is 0. The van der Waals surface area contributed by atoms with Crippen molar-refractivity contribution in [1.29, 1.82) is 0 Å². The highest BCUT2D eigenvalue weighted by molar-refractivity contribution is 7.89. The summed E-state index contributed by atoms with van der Waals surface area (Å²) in [6.45, 7) is 4.61. The monoisotopic (exact) mass is 320 g/mol. The second-order valence-corrected chi connectivity index (χ2v) is 7.24. The molecular formula is C12H21ClN4O2S. The summed E-state index contributed by atoms with van der Waals surface area (Å²) in [6.07, 6.45) is 3.75. The number of aryl methyl sites for hydroxylation is 1. The molecule has 1 aromatic rings. The zero-order valence-corrected chi connectivity index (χ0v) is 13.2. The van der Waals surface area contributed by atoms with E-state index in [4.69, 9.17) is 0 Å². The number of nitrogens with one attached hydrogen (secondary N) is 1. The minimum absolute atomic E-state index is 0. The van der Waals surface area contributed by atoms with Gasteiger partial charge >= 0.3 is 0 Å².